The summed E-state index contributed by atoms with van der Waals surface area (Å²) in [6.07, 6.45) is 7.45. The summed E-state index contributed by atoms with van der Waals surface area (Å²) in [6.45, 7) is 5.67. The molecule has 152 valence electrons. The first-order valence-corrected chi connectivity index (χ1v) is 9.85. The quantitative estimate of drug-likeness (QED) is 0.695. The molecule has 29 heavy (non-hydrogen) atoms. The highest BCUT2D eigenvalue weighted by molar-refractivity contribution is 5.99. The normalized spacial score (nSPS) is 15.2. The summed E-state index contributed by atoms with van der Waals surface area (Å²) in [7, 11) is 3.22. The fourth-order valence-corrected chi connectivity index (χ4v) is 3.80. The molecule has 7 nitrogen and oxygen atoms in total. The second-order valence-corrected chi connectivity index (χ2v) is 7.76. The lowest BCUT2D eigenvalue weighted by Gasteiger charge is -2.38. The van der Waals surface area contributed by atoms with Crippen LogP contribution in [0.15, 0.2) is 30.7 Å². The number of hydrogen-bond acceptors (Lipinski definition) is 5. The van der Waals surface area contributed by atoms with Crippen molar-refractivity contribution < 1.29 is 14.3 Å². The van der Waals surface area contributed by atoms with Crippen LogP contribution in [-0.4, -0.2) is 47.9 Å². The third-order valence-corrected chi connectivity index (χ3v) is 5.58. The van der Waals surface area contributed by atoms with E-state index in [0.717, 1.165) is 40.7 Å². The summed E-state index contributed by atoms with van der Waals surface area (Å²) in [5.41, 5.74) is 5.28. The molecule has 0 atom stereocenters. The first-order valence-electron chi connectivity index (χ1n) is 9.85. The molecule has 0 spiro atoms. The summed E-state index contributed by atoms with van der Waals surface area (Å²) >= 11 is 0. The van der Waals surface area contributed by atoms with Gasteiger partial charge in [0, 0.05) is 30.4 Å². The molecule has 0 radical (unpaired) electrons. The number of rotatable bonds is 6. The monoisotopic (exact) mass is 394 g/mol. The molecule has 3 aromatic rings. The maximum Gasteiger partial charge on any atom is 0.255 e. The second kappa shape index (κ2) is 7.48. The molecule has 1 amide bonds. The number of carbonyl (C=O) groups is 1. The van der Waals surface area contributed by atoms with E-state index in [4.69, 9.17) is 14.5 Å². The zero-order chi connectivity index (χ0) is 20.6. The molecule has 0 bridgehead atoms. The van der Waals surface area contributed by atoms with Crippen LogP contribution in [0.4, 0.5) is 0 Å². The van der Waals surface area contributed by atoms with Gasteiger partial charge in [0.15, 0.2) is 5.65 Å². The molecule has 1 aromatic carbocycles. The lowest BCUT2D eigenvalue weighted by atomic mass is 9.82. The summed E-state index contributed by atoms with van der Waals surface area (Å²) in [5, 5.41) is 7.24. The summed E-state index contributed by atoms with van der Waals surface area (Å²) in [5.74, 6) is 0.413. The Hall–Kier alpha value is -2.93. The Kier molecular flexibility index (Phi) is 5.00. The van der Waals surface area contributed by atoms with Gasteiger partial charge in [-0.15, -0.1) is 0 Å². The van der Waals surface area contributed by atoms with E-state index in [9.17, 15) is 4.79 Å². The number of amides is 1. The molecular weight excluding hydrogens is 368 g/mol. The van der Waals surface area contributed by atoms with Crippen LogP contribution in [0.2, 0.25) is 0 Å². The predicted molar refractivity (Wildman–Crippen MR) is 111 cm³/mol. The van der Waals surface area contributed by atoms with Crippen molar-refractivity contribution in [3.8, 4) is 16.9 Å². The molecule has 1 aliphatic rings. The summed E-state index contributed by atoms with van der Waals surface area (Å²) in [4.78, 5) is 17.1. The minimum absolute atomic E-state index is 0.0000183. The average molecular weight is 394 g/mol. The van der Waals surface area contributed by atoms with Crippen molar-refractivity contribution >= 4 is 11.6 Å². The number of methoxy groups -OCH3 is 1. The number of benzene rings is 1. The highest BCUT2D eigenvalue weighted by atomic mass is 16.5. The van der Waals surface area contributed by atoms with Crippen molar-refractivity contribution in [1.82, 2.24) is 19.9 Å². The fraction of sp³-hybridized carbons (Fsp3) is 0.409. The van der Waals surface area contributed by atoms with Crippen LogP contribution in [0.1, 0.15) is 41.8 Å². The molecule has 1 saturated heterocycles. The van der Waals surface area contributed by atoms with Crippen LogP contribution in [0.5, 0.6) is 5.75 Å². The number of ether oxygens (including phenoxy) is 2. The van der Waals surface area contributed by atoms with Gasteiger partial charge in [-0.25, -0.2) is 9.50 Å². The summed E-state index contributed by atoms with van der Waals surface area (Å²) < 4.78 is 12.8. The topological polar surface area (TPSA) is 77.8 Å². The van der Waals surface area contributed by atoms with E-state index in [2.05, 4.69) is 24.3 Å². The third kappa shape index (κ3) is 3.25. The average Bonchev–Trinajstić information content (AvgIpc) is 3.14. The molecule has 0 saturated carbocycles. The molecule has 1 aliphatic heterocycles. The van der Waals surface area contributed by atoms with Crippen molar-refractivity contribution in [3.63, 3.8) is 0 Å². The van der Waals surface area contributed by atoms with E-state index in [1.54, 1.807) is 14.2 Å². The molecular formula is C22H26N4O3. The van der Waals surface area contributed by atoms with Gasteiger partial charge in [0.25, 0.3) is 5.91 Å². The SMILES string of the molecule is CCCc1cc(-c2cnn3cc(C4(C)COC4)cnc23)cc(OC)c1C(=O)NC. The fourth-order valence-electron chi connectivity index (χ4n) is 3.80. The number of aromatic nitrogens is 3. The van der Waals surface area contributed by atoms with Gasteiger partial charge in [-0.3, -0.25) is 4.79 Å². The highest BCUT2D eigenvalue weighted by Crippen LogP contribution is 2.35. The molecule has 0 unspecified atom stereocenters. The van der Waals surface area contributed by atoms with Crippen LogP contribution in [-0.2, 0) is 16.6 Å². The minimum atomic E-state index is -0.143. The minimum Gasteiger partial charge on any atom is -0.496 e. The third-order valence-electron chi connectivity index (χ3n) is 5.58. The van der Waals surface area contributed by atoms with E-state index in [1.165, 1.54) is 0 Å². The van der Waals surface area contributed by atoms with Crippen molar-refractivity contribution in [2.45, 2.75) is 32.1 Å². The first-order chi connectivity index (χ1) is 14.0. The van der Waals surface area contributed by atoms with Crippen molar-refractivity contribution in [1.29, 1.82) is 0 Å². The lowest BCUT2D eigenvalue weighted by Crippen LogP contribution is -2.44. The molecule has 1 N–H and O–H groups in total. The van der Waals surface area contributed by atoms with Gasteiger partial charge in [0.1, 0.15) is 5.75 Å². The highest BCUT2D eigenvalue weighted by Gasteiger charge is 2.36. The van der Waals surface area contributed by atoms with Gasteiger partial charge in [-0.1, -0.05) is 20.3 Å². The second-order valence-electron chi connectivity index (χ2n) is 7.76. The van der Waals surface area contributed by atoms with Gasteiger partial charge in [0.05, 0.1) is 32.1 Å². The summed E-state index contributed by atoms with van der Waals surface area (Å²) in [6, 6.07) is 3.93. The van der Waals surface area contributed by atoms with Gasteiger partial charge in [0.2, 0.25) is 0 Å². The number of fused-ring (bicyclic) bond motifs is 1. The number of nitrogens with one attached hydrogen (secondary N) is 1. The molecule has 7 heteroatoms. The van der Waals surface area contributed by atoms with Gasteiger partial charge in [-0.2, -0.15) is 5.10 Å². The predicted octanol–water partition coefficient (Wildman–Crippen LogP) is 3.00. The number of nitrogens with zero attached hydrogens (tertiary/aromatic N) is 3. The maximum absolute atomic E-state index is 12.4. The van der Waals surface area contributed by atoms with E-state index in [0.29, 0.717) is 24.5 Å². The van der Waals surface area contributed by atoms with Crippen molar-refractivity contribution in [2.75, 3.05) is 27.4 Å². The molecule has 2 aromatic heterocycles. The van der Waals surface area contributed by atoms with E-state index in [1.807, 2.05) is 35.2 Å². The zero-order valence-electron chi connectivity index (χ0n) is 17.3. The van der Waals surface area contributed by atoms with E-state index < -0.39 is 0 Å². The van der Waals surface area contributed by atoms with E-state index in [-0.39, 0.29) is 11.3 Å². The van der Waals surface area contributed by atoms with Crippen LogP contribution in [0, 0.1) is 0 Å². The lowest BCUT2D eigenvalue weighted by molar-refractivity contribution is -0.0503. The standard InChI is InChI=1S/C22H26N4O3/c1-5-6-14-7-15(8-18(28-4)19(14)21(27)23-3)17-10-25-26-11-16(9-24-20(17)26)22(2)12-29-13-22/h7-11H,5-6,12-13H2,1-4H3,(H,23,27). The Morgan fingerprint density at radius 3 is 2.76 bits per heavy atom. The Bertz CT molecular complexity index is 1070. The van der Waals surface area contributed by atoms with Crippen molar-refractivity contribution in [2.24, 2.45) is 0 Å². The van der Waals surface area contributed by atoms with Gasteiger partial charge < -0.3 is 14.8 Å². The van der Waals surface area contributed by atoms with Gasteiger partial charge in [-0.05, 0) is 35.2 Å². The molecule has 3 heterocycles. The van der Waals surface area contributed by atoms with Crippen LogP contribution in [0.25, 0.3) is 16.8 Å². The molecule has 4 rings (SSSR count). The Labute approximate surface area is 170 Å². The van der Waals surface area contributed by atoms with Gasteiger partial charge >= 0.3 is 0 Å². The largest absolute Gasteiger partial charge is 0.496 e. The molecule has 1 fully saturated rings. The number of aryl methyl sites for hydroxylation is 1. The van der Waals surface area contributed by atoms with Crippen LogP contribution in [0.3, 0.4) is 0 Å². The van der Waals surface area contributed by atoms with Crippen LogP contribution < -0.4 is 10.1 Å². The molecule has 0 aliphatic carbocycles. The Morgan fingerprint density at radius 1 is 1.34 bits per heavy atom. The number of carbonyl (C=O) groups excluding carboxylic acids is 1. The van der Waals surface area contributed by atoms with Crippen LogP contribution >= 0.6 is 0 Å². The Balaban J connectivity index is 1.82. The first kappa shape index (κ1) is 19.4. The Morgan fingerprint density at radius 2 is 2.14 bits per heavy atom. The zero-order valence-corrected chi connectivity index (χ0v) is 17.3. The maximum atomic E-state index is 12.4. The number of hydrogen-bond donors (Lipinski definition) is 1. The smallest absolute Gasteiger partial charge is 0.255 e. The van der Waals surface area contributed by atoms with E-state index >= 15 is 0 Å². The van der Waals surface area contributed by atoms with Crippen molar-refractivity contribution in [3.05, 3.63) is 47.4 Å².